The Morgan fingerprint density at radius 1 is 1.14 bits per heavy atom. The first-order chi connectivity index (χ1) is 13.0. The molecule has 2 aliphatic heterocycles. The van der Waals surface area contributed by atoms with Crippen LogP contribution in [0.4, 0.5) is 5.69 Å². The van der Waals surface area contributed by atoms with Crippen LogP contribution in [0, 0.1) is 0 Å². The molecular formula is C16H24N2O7S3. The van der Waals surface area contributed by atoms with E-state index in [9.17, 15) is 25.3 Å². The summed E-state index contributed by atoms with van der Waals surface area (Å²) in [6, 6.07) is 3.56. The molecule has 2 saturated heterocycles. The van der Waals surface area contributed by atoms with Gasteiger partial charge in [-0.25, -0.2) is 25.3 Å². The van der Waals surface area contributed by atoms with Crippen LogP contribution in [-0.2, 0) is 29.9 Å². The third kappa shape index (κ3) is 4.00. The molecule has 1 atom stereocenters. The molecule has 28 heavy (non-hydrogen) atoms. The van der Waals surface area contributed by atoms with Crippen LogP contribution in [0.1, 0.15) is 19.3 Å². The SMILES string of the molecule is COc1ccc(N2CCCCS2(=O)=O)cc1S(=O)(=O)N(C)C1CCS(=O)(=O)C1. The molecule has 1 unspecified atom stereocenters. The zero-order valence-corrected chi connectivity index (χ0v) is 18.2. The molecular weight excluding hydrogens is 428 g/mol. The summed E-state index contributed by atoms with van der Waals surface area (Å²) in [5, 5.41) is 0. The molecule has 0 amide bonds. The van der Waals surface area contributed by atoms with E-state index in [2.05, 4.69) is 0 Å². The molecule has 9 nitrogen and oxygen atoms in total. The van der Waals surface area contributed by atoms with E-state index in [1.807, 2.05) is 0 Å². The highest BCUT2D eigenvalue weighted by Gasteiger charge is 2.38. The number of sulfone groups is 1. The largest absolute Gasteiger partial charge is 0.495 e. The highest BCUT2D eigenvalue weighted by atomic mass is 32.2. The van der Waals surface area contributed by atoms with Gasteiger partial charge in [0.05, 0.1) is 30.1 Å². The molecule has 0 aliphatic carbocycles. The molecule has 0 bridgehead atoms. The first kappa shape index (κ1) is 21.3. The smallest absolute Gasteiger partial charge is 0.246 e. The zero-order valence-electron chi connectivity index (χ0n) is 15.7. The summed E-state index contributed by atoms with van der Waals surface area (Å²) in [4.78, 5) is -0.180. The average molecular weight is 453 g/mol. The third-order valence-corrected chi connectivity index (χ3v) is 10.7. The molecule has 0 saturated carbocycles. The number of ether oxygens (including phenoxy) is 1. The van der Waals surface area contributed by atoms with Gasteiger partial charge in [-0.2, -0.15) is 4.31 Å². The molecule has 0 radical (unpaired) electrons. The Morgan fingerprint density at radius 3 is 2.43 bits per heavy atom. The zero-order chi connectivity index (χ0) is 20.7. The number of hydrogen-bond acceptors (Lipinski definition) is 7. The number of benzene rings is 1. The number of nitrogens with zero attached hydrogens (tertiary/aromatic N) is 2. The first-order valence-electron chi connectivity index (χ1n) is 8.85. The van der Waals surface area contributed by atoms with E-state index in [1.165, 1.54) is 36.7 Å². The van der Waals surface area contributed by atoms with Crippen LogP contribution < -0.4 is 9.04 Å². The molecule has 2 aliphatic rings. The van der Waals surface area contributed by atoms with Gasteiger partial charge in [-0.05, 0) is 37.5 Å². The Morgan fingerprint density at radius 2 is 1.86 bits per heavy atom. The maximum atomic E-state index is 13.2. The summed E-state index contributed by atoms with van der Waals surface area (Å²) >= 11 is 0. The Hall–Kier alpha value is -1.37. The molecule has 2 fully saturated rings. The second-order valence-electron chi connectivity index (χ2n) is 7.01. The summed E-state index contributed by atoms with van der Waals surface area (Å²) in [7, 11) is -8.20. The molecule has 0 N–H and O–H groups in total. The lowest BCUT2D eigenvalue weighted by Gasteiger charge is -2.29. The summed E-state index contributed by atoms with van der Waals surface area (Å²) in [6.07, 6.45) is 1.48. The van der Waals surface area contributed by atoms with E-state index in [0.717, 1.165) is 4.31 Å². The molecule has 3 rings (SSSR count). The fraction of sp³-hybridized carbons (Fsp3) is 0.625. The van der Waals surface area contributed by atoms with Crippen molar-refractivity contribution in [1.29, 1.82) is 0 Å². The summed E-state index contributed by atoms with van der Waals surface area (Å²) in [5.41, 5.74) is 0.256. The van der Waals surface area contributed by atoms with Gasteiger partial charge in [-0.1, -0.05) is 0 Å². The van der Waals surface area contributed by atoms with Crippen molar-refractivity contribution >= 4 is 35.6 Å². The maximum absolute atomic E-state index is 13.2. The van der Waals surface area contributed by atoms with Gasteiger partial charge in [0.2, 0.25) is 20.0 Å². The van der Waals surface area contributed by atoms with E-state index >= 15 is 0 Å². The Kier molecular flexibility index (Phi) is 5.69. The highest BCUT2D eigenvalue weighted by Crippen LogP contribution is 2.34. The Bertz CT molecular complexity index is 1070. The third-order valence-electron chi connectivity index (χ3n) is 5.16. The van der Waals surface area contributed by atoms with Crippen molar-refractivity contribution in [3.63, 3.8) is 0 Å². The lowest BCUT2D eigenvalue weighted by atomic mass is 10.2. The molecule has 0 spiro atoms. The summed E-state index contributed by atoms with van der Waals surface area (Å²) in [5.74, 6) is -0.196. The van der Waals surface area contributed by atoms with Crippen molar-refractivity contribution in [1.82, 2.24) is 4.31 Å². The van der Waals surface area contributed by atoms with E-state index in [1.54, 1.807) is 0 Å². The van der Waals surface area contributed by atoms with Gasteiger partial charge in [-0.3, -0.25) is 4.31 Å². The van der Waals surface area contributed by atoms with Gasteiger partial charge in [0.1, 0.15) is 10.6 Å². The second-order valence-corrected chi connectivity index (χ2v) is 13.2. The minimum Gasteiger partial charge on any atom is -0.495 e. The van der Waals surface area contributed by atoms with E-state index in [0.29, 0.717) is 12.8 Å². The molecule has 1 aromatic rings. The molecule has 12 heteroatoms. The van der Waals surface area contributed by atoms with Crippen LogP contribution in [0.25, 0.3) is 0 Å². The van der Waals surface area contributed by atoms with Gasteiger partial charge in [0, 0.05) is 19.6 Å². The standard InChI is InChI=1S/C16H24N2O7S3/c1-17(14-7-10-26(19,20)12-14)28(23,24)16-11-13(5-6-15(16)25-2)18-8-3-4-9-27(18,21)22/h5-6,11,14H,3-4,7-10,12H2,1-2H3. The van der Waals surface area contributed by atoms with Crippen LogP contribution in [0.15, 0.2) is 23.1 Å². The van der Waals surface area contributed by atoms with Crippen molar-refractivity contribution < 1.29 is 30.0 Å². The fourth-order valence-electron chi connectivity index (χ4n) is 3.51. The minimum atomic E-state index is -4.09. The van der Waals surface area contributed by atoms with Crippen LogP contribution in [-0.4, -0.2) is 73.6 Å². The van der Waals surface area contributed by atoms with Gasteiger partial charge >= 0.3 is 0 Å². The topological polar surface area (TPSA) is 118 Å². The molecule has 2 heterocycles. The lowest BCUT2D eigenvalue weighted by Crippen LogP contribution is -2.39. The normalized spacial score (nSPS) is 24.4. The van der Waals surface area contributed by atoms with Gasteiger partial charge in [-0.15, -0.1) is 0 Å². The second kappa shape index (κ2) is 7.47. The predicted molar refractivity (Wildman–Crippen MR) is 105 cm³/mol. The maximum Gasteiger partial charge on any atom is 0.246 e. The monoisotopic (exact) mass is 452 g/mol. The van der Waals surface area contributed by atoms with Crippen LogP contribution in [0.5, 0.6) is 5.75 Å². The van der Waals surface area contributed by atoms with Crippen LogP contribution in [0.2, 0.25) is 0 Å². The van der Waals surface area contributed by atoms with E-state index in [-0.39, 0.29) is 46.6 Å². The number of rotatable bonds is 5. The molecule has 1 aromatic carbocycles. The lowest BCUT2D eigenvalue weighted by molar-refractivity contribution is 0.380. The van der Waals surface area contributed by atoms with Crippen LogP contribution >= 0.6 is 0 Å². The summed E-state index contributed by atoms with van der Waals surface area (Å²) in [6.45, 7) is 0.283. The number of anilines is 1. The number of sulfonamides is 2. The quantitative estimate of drug-likeness (QED) is 0.636. The molecule has 0 aromatic heterocycles. The van der Waals surface area contributed by atoms with E-state index < -0.39 is 35.9 Å². The van der Waals surface area contributed by atoms with Crippen molar-refractivity contribution in [2.45, 2.75) is 30.2 Å². The van der Waals surface area contributed by atoms with Crippen molar-refractivity contribution in [3.8, 4) is 5.75 Å². The first-order valence-corrected chi connectivity index (χ1v) is 13.7. The van der Waals surface area contributed by atoms with E-state index in [4.69, 9.17) is 4.74 Å². The van der Waals surface area contributed by atoms with Crippen LogP contribution in [0.3, 0.4) is 0 Å². The van der Waals surface area contributed by atoms with Gasteiger partial charge in [0.25, 0.3) is 0 Å². The minimum absolute atomic E-state index is 0.0148. The predicted octanol–water partition coefficient (Wildman–Crippen LogP) is 0.433. The van der Waals surface area contributed by atoms with Gasteiger partial charge < -0.3 is 4.74 Å². The van der Waals surface area contributed by atoms with Crippen molar-refractivity contribution in [2.24, 2.45) is 0 Å². The van der Waals surface area contributed by atoms with Crippen molar-refractivity contribution in [3.05, 3.63) is 18.2 Å². The Balaban J connectivity index is 2.02. The average Bonchev–Trinajstić information content (AvgIpc) is 3.00. The number of hydrogen-bond donors (Lipinski definition) is 0. The number of methoxy groups -OCH3 is 1. The Labute approximate surface area is 166 Å². The van der Waals surface area contributed by atoms with Crippen molar-refractivity contribution in [2.75, 3.05) is 42.3 Å². The van der Waals surface area contributed by atoms with Gasteiger partial charge in [0.15, 0.2) is 9.84 Å². The fourth-order valence-corrected chi connectivity index (χ4v) is 8.57. The molecule has 158 valence electrons. The highest BCUT2D eigenvalue weighted by molar-refractivity contribution is 7.93. The summed E-state index contributed by atoms with van der Waals surface area (Å²) < 4.78 is 82.1.